The number of aliphatic carboxylic acids is 1. The van der Waals surface area contributed by atoms with Gasteiger partial charge in [-0.15, -0.1) is 0 Å². The van der Waals surface area contributed by atoms with Crippen molar-refractivity contribution in [2.24, 2.45) is 11.8 Å². The summed E-state index contributed by atoms with van der Waals surface area (Å²) in [4.78, 5) is 22.8. The number of fused-ring (bicyclic) bond motifs is 1. The Morgan fingerprint density at radius 1 is 0.673 bits per heavy atom. The van der Waals surface area contributed by atoms with Gasteiger partial charge in [-0.25, -0.2) is 0 Å². The van der Waals surface area contributed by atoms with Crippen LogP contribution in [0.3, 0.4) is 0 Å². The number of carbonyl (C=O) groups excluding carboxylic acids is 1. The van der Waals surface area contributed by atoms with Crippen molar-refractivity contribution in [2.45, 2.75) is 149 Å². The van der Waals surface area contributed by atoms with Crippen molar-refractivity contribution in [1.29, 1.82) is 0 Å². The maximum absolute atomic E-state index is 11.9. The fourth-order valence-electron chi connectivity index (χ4n) is 8.17. The van der Waals surface area contributed by atoms with Gasteiger partial charge >= 0.3 is 11.9 Å². The number of aliphatic hydroxyl groups excluding tert-OH is 9. The number of aliphatic hydroxyl groups is 11. The smallest absolute Gasteiger partial charge is 0.317 e. The third-order valence-electron chi connectivity index (χ3n) is 11.0. The van der Waals surface area contributed by atoms with Gasteiger partial charge in [0.25, 0.3) is 0 Å². The summed E-state index contributed by atoms with van der Waals surface area (Å²) in [5, 5.41) is 104. The van der Waals surface area contributed by atoms with Gasteiger partial charge in [0.2, 0.25) is 0 Å². The van der Waals surface area contributed by atoms with Gasteiger partial charge in [-0.1, -0.05) is 0 Å². The van der Waals surface area contributed by atoms with Gasteiger partial charge in [-0.2, -0.15) is 0 Å². The molecule has 3 aliphatic heterocycles. The van der Waals surface area contributed by atoms with Gasteiger partial charge in [-0.3, -0.25) is 9.59 Å². The SMILES string of the molecule is COC1CC(C2[OH+]C3CC(O)CC(O[C@@H]4O[C@H](CO)[C@@H](O)[C@H](O)[C@H]4O)C3CC2O[C@@H]2O[C@H](COC(=O)CC(=O)O)[C@@H](O)[C@H](O)[C@H]2O)CC(OC)C1O. The van der Waals surface area contributed by atoms with E-state index < -0.39 is 148 Å². The number of carboxylic acid groups (broad SMARTS) is 1. The number of esters is 1. The van der Waals surface area contributed by atoms with Gasteiger partial charge in [-0.05, 0) is 19.3 Å². The molecule has 0 amide bonds. The summed E-state index contributed by atoms with van der Waals surface area (Å²) in [6.45, 7) is -1.35. The molecular weight excluding hydrogens is 704 g/mol. The maximum Gasteiger partial charge on any atom is 0.317 e. The van der Waals surface area contributed by atoms with E-state index in [-0.39, 0.29) is 25.2 Å². The minimum Gasteiger partial charge on any atom is -0.481 e. The van der Waals surface area contributed by atoms with Crippen molar-refractivity contribution in [3.8, 4) is 0 Å². The fraction of sp³-hybridized carbons (Fsp3) is 0.938. The van der Waals surface area contributed by atoms with E-state index >= 15 is 0 Å². The number of hydrogen-bond acceptors (Lipinski definition) is 18. The van der Waals surface area contributed by atoms with Crippen LogP contribution in [0.5, 0.6) is 0 Å². The van der Waals surface area contributed by atoms with Gasteiger partial charge in [0.1, 0.15) is 74.1 Å². The maximum atomic E-state index is 11.9. The van der Waals surface area contributed by atoms with Gasteiger partial charge in [0.15, 0.2) is 24.8 Å². The van der Waals surface area contributed by atoms with E-state index in [1.54, 1.807) is 0 Å². The second-order valence-corrected chi connectivity index (χ2v) is 14.3. The summed E-state index contributed by atoms with van der Waals surface area (Å²) in [6.07, 6.45) is -22.3. The second-order valence-electron chi connectivity index (χ2n) is 14.3. The molecular formula is C32H53O20+. The first-order valence-corrected chi connectivity index (χ1v) is 17.5. The number of carboxylic acids is 1. The highest BCUT2D eigenvalue weighted by molar-refractivity contribution is 5.90. The number of rotatable bonds is 12. The molecule has 0 aromatic carbocycles. The molecule has 20 heteroatoms. The Kier molecular flexibility index (Phi) is 14.2. The van der Waals surface area contributed by atoms with E-state index in [1.807, 2.05) is 0 Å². The minimum atomic E-state index is -1.83. The van der Waals surface area contributed by atoms with Gasteiger partial charge in [0, 0.05) is 33.0 Å². The Labute approximate surface area is 298 Å². The molecule has 18 atom stereocenters. The van der Waals surface area contributed by atoms with E-state index in [4.69, 9.17) is 43.0 Å². The Balaban J connectivity index is 1.40. The van der Waals surface area contributed by atoms with Gasteiger partial charge < -0.3 is 89.0 Å². The quantitative estimate of drug-likeness (QED) is 0.0505. The molecule has 0 aromatic heterocycles. The summed E-state index contributed by atoms with van der Waals surface area (Å²) in [5.41, 5.74) is 0. The Hall–Kier alpha value is -1.70. The normalized spacial score (nSPS) is 48.4. The zero-order valence-electron chi connectivity index (χ0n) is 28.8. The van der Waals surface area contributed by atoms with E-state index in [0.717, 1.165) is 0 Å². The van der Waals surface area contributed by atoms with Crippen molar-refractivity contribution in [3.05, 3.63) is 0 Å². The zero-order valence-corrected chi connectivity index (χ0v) is 28.8. The summed E-state index contributed by atoms with van der Waals surface area (Å²) in [6, 6.07) is 0. The van der Waals surface area contributed by atoms with Crippen LogP contribution in [-0.2, 0) is 42.7 Å². The summed E-state index contributed by atoms with van der Waals surface area (Å²) >= 11 is 0. The fourth-order valence-corrected chi connectivity index (χ4v) is 8.17. The van der Waals surface area contributed by atoms with Crippen molar-refractivity contribution in [1.82, 2.24) is 0 Å². The Morgan fingerprint density at radius 2 is 1.23 bits per heavy atom. The van der Waals surface area contributed by atoms with E-state index in [2.05, 4.69) is 0 Å². The summed E-state index contributed by atoms with van der Waals surface area (Å²) in [7, 11) is 2.90. The average molecular weight is 758 g/mol. The monoisotopic (exact) mass is 757 g/mol. The molecule has 0 radical (unpaired) electrons. The standard InChI is InChI=1S/C32H52O20/c1-45-16-3-11(4-17(46-2)23(16)38)30-18(50-32-29(44)27(42)25(40)20(52-32)10-47-22(37)8-21(35)36)7-13-14(48-30)5-12(34)6-15(13)49-31-28(43)26(41)24(39)19(9-33)51-31/h11-20,23-34,38-44H,3-10H2,1-2H3,(H,35,36)/p+1/t11?,12?,13?,14?,15?,16?,17?,18?,19-,20-,23?,24-,25-,26+,27+,28-,29-,30?,31-,32-/m1/s1. The first-order chi connectivity index (χ1) is 24.7. The van der Waals surface area contributed by atoms with Crippen LogP contribution in [0, 0.1) is 11.8 Å². The molecule has 0 bridgehead atoms. The van der Waals surface area contributed by atoms with Crippen LogP contribution in [0.4, 0.5) is 0 Å². The lowest BCUT2D eigenvalue weighted by molar-refractivity contribution is -0.368. The molecule has 5 rings (SSSR count). The first kappa shape index (κ1) is 41.5. The van der Waals surface area contributed by atoms with Crippen LogP contribution in [0.2, 0.25) is 0 Å². The van der Waals surface area contributed by atoms with Crippen LogP contribution in [0.25, 0.3) is 0 Å². The number of ether oxygens (including phenoxy) is 8. The molecule has 0 aromatic rings. The minimum absolute atomic E-state index is 0.0491. The molecule has 2 saturated carbocycles. The van der Waals surface area contributed by atoms with Crippen molar-refractivity contribution in [2.75, 3.05) is 27.4 Å². The first-order valence-electron chi connectivity index (χ1n) is 17.5. The Bertz CT molecular complexity index is 1160. The van der Waals surface area contributed by atoms with Crippen molar-refractivity contribution in [3.63, 3.8) is 0 Å². The predicted octanol–water partition coefficient (Wildman–Crippen LogP) is -5.38. The topological polar surface area (TPSA) is 314 Å². The molecule has 5 fully saturated rings. The number of hydrogen-bond donors (Lipinski definition) is 10. The van der Waals surface area contributed by atoms with Crippen molar-refractivity contribution < 1.29 is 98.5 Å². The highest BCUT2D eigenvalue weighted by atomic mass is 16.7. The van der Waals surface area contributed by atoms with Crippen LogP contribution < -0.4 is 0 Å². The molecule has 0 spiro atoms. The summed E-state index contributed by atoms with van der Waals surface area (Å²) < 4.78 is 45.1. The molecule has 11 N–H and O–H groups in total. The van der Waals surface area contributed by atoms with E-state index in [1.165, 1.54) is 14.2 Å². The average Bonchev–Trinajstić information content (AvgIpc) is 3.11. The van der Waals surface area contributed by atoms with Crippen LogP contribution in [0.1, 0.15) is 38.5 Å². The zero-order chi connectivity index (χ0) is 38.0. The van der Waals surface area contributed by atoms with Crippen LogP contribution in [-0.4, -0.2) is 205 Å². The number of methoxy groups -OCH3 is 2. The lowest BCUT2D eigenvalue weighted by atomic mass is 9.72. The molecule has 20 nitrogen and oxygen atoms in total. The lowest BCUT2D eigenvalue weighted by Crippen LogP contribution is -2.64. The number of carbonyl (C=O) groups is 2. The lowest BCUT2D eigenvalue weighted by Gasteiger charge is -2.50. The molecule has 300 valence electrons. The highest BCUT2D eigenvalue weighted by Gasteiger charge is 2.57. The Morgan fingerprint density at radius 3 is 1.79 bits per heavy atom. The molecule has 3 saturated heterocycles. The third-order valence-corrected chi connectivity index (χ3v) is 11.0. The third kappa shape index (κ3) is 9.05. The van der Waals surface area contributed by atoms with E-state index in [0.29, 0.717) is 12.8 Å². The molecule has 2 aliphatic carbocycles. The highest BCUT2D eigenvalue weighted by Crippen LogP contribution is 2.44. The molecule has 8 unspecified atom stereocenters. The van der Waals surface area contributed by atoms with Crippen molar-refractivity contribution >= 4 is 11.9 Å². The van der Waals surface area contributed by atoms with Crippen LogP contribution in [0.15, 0.2) is 0 Å². The second kappa shape index (κ2) is 17.8. The molecule has 52 heavy (non-hydrogen) atoms. The predicted molar refractivity (Wildman–Crippen MR) is 167 cm³/mol. The van der Waals surface area contributed by atoms with E-state index in [9.17, 15) is 55.5 Å². The summed E-state index contributed by atoms with van der Waals surface area (Å²) in [5.74, 6) is -3.45. The molecule has 5 aliphatic rings. The molecule has 3 heterocycles. The largest absolute Gasteiger partial charge is 0.481 e. The van der Waals surface area contributed by atoms with Gasteiger partial charge in [0.05, 0.1) is 36.9 Å². The van der Waals surface area contributed by atoms with Crippen LogP contribution >= 0.6 is 0 Å².